The first kappa shape index (κ1) is 13.6. The number of nitrogens with zero attached hydrogens (tertiary/aromatic N) is 1. The molecule has 2 unspecified atom stereocenters. The molecule has 2 heterocycles. The molecule has 1 aliphatic rings. The molecule has 0 saturated carbocycles. The van der Waals surface area contributed by atoms with Gasteiger partial charge in [-0.1, -0.05) is 6.92 Å². The smallest absolute Gasteiger partial charge is 0.264 e. The van der Waals surface area contributed by atoms with Crippen molar-refractivity contribution in [1.82, 2.24) is 4.90 Å². The summed E-state index contributed by atoms with van der Waals surface area (Å²) < 4.78 is 0. The van der Waals surface area contributed by atoms with Crippen LogP contribution in [0.3, 0.4) is 0 Å². The van der Waals surface area contributed by atoms with Crippen LogP contribution in [-0.4, -0.2) is 29.4 Å². The molecule has 2 atom stereocenters. The van der Waals surface area contributed by atoms with E-state index in [1.165, 1.54) is 11.3 Å². The van der Waals surface area contributed by atoms with E-state index in [1.54, 1.807) is 11.3 Å². The van der Waals surface area contributed by atoms with Crippen LogP contribution in [-0.2, 0) is 6.42 Å². The Morgan fingerprint density at radius 3 is 2.94 bits per heavy atom. The highest BCUT2D eigenvalue weighted by Crippen LogP contribution is 2.25. The molecule has 4 heteroatoms. The van der Waals surface area contributed by atoms with Gasteiger partial charge in [0.1, 0.15) is 0 Å². The van der Waals surface area contributed by atoms with Gasteiger partial charge < -0.3 is 10.6 Å². The molecule has 18 heavy (non-hydrogen) atoms. The molecule has 1 saturated heterocycles. The van der Waals surface area contributed by atoms with Crippen LogP contribution in [0.15, 0.2) is 12.1 Å². The second kappa shape index (κ2) is 5.85. The van der Waals surface area contributed by atoms with Crippen LogP contribution in [0.2, 0.25) is 0 Å². The summed E-state index contributed by atoms with van der Waals surface area (Å²) in [7, 11) is 0. The molecule has 1 fully saturated rings. The SMILES string of the molecule is CCc1ccc(C(=O)N2CCCCC2C(C)N)s1. The Morgan fingerprint density at radius 1 is 1.56 bits per heavy atom. The molecule has 3 nitrogen and oxygen atoms in total. The van der Waals surface area contributed by atoms with Crippen LogP contribution in [0.4, 0.5) is 0 Å². The fraction of sp³-hybridized carbons (Fsp3) is 0.643. The van der Waals surface area contributed by atoms with E-state index in [-0.39, 0.29) is 18.0 Å². The van der Waals surface area contributed by atoms with Crippen LogP contribution in [0.25, 0.3) is 0 Å². The Kier molecular flexibility index (Phi) is 4.40. The number of nitrogens with two attached hydrogens (primary N) is 1. The number of piperidine rings is 1. The lowest BCUT2D eigenvalue weighted by molar-refractivity contribution is 0.0589. The van der Waals surface area contributed by atoms with Crippen molar-refractivity contribution in [2.75, 3.05) is 6.54 Å². The van der Waals surface area contributed by atoms with Crippen LogP contribution in [0.5, 0.6) is 0 Å². The van der Waals surface area contributed by atoms with Gasteiger partial charge in [-0.2, -0.15) is 0 Å². The van der Waals surface area contributed by atoms with Gasteiger partial charge in [-0.15, -0.1) is 11.3 Å². The van der Waals surface area contributed by atoms with Crippen molar-refractivity contribution in [1.29, 1.82) is 0 Å². The average Bonchev–Trinajstić information content (AvgIpc) is 2.86. The fourth-order valence-corrected chi connectivity index (χ4v) is 3.48. The number of carbonyl (C=O) groups excluding carboxylic acids is 1. The second-order valence-corrected chi connectivity index (χ2v) is 6.21. The Bertz CT molecular complexity index is 414. The third kappa shape index (κ3) is 2.75. The third-order valence-electron chi connectivity index (χ3n) is 3.64. The molecule has 0 bridgehead atoms. The first-order valence-corrected chi connectivity index (χ1v) is 7.60. The van der Waals surface area contributed by atoms with Gasteiger partial charge in [0.05, 0.1) is 4.88 Å². The summed E-state index contributed by atoms with van der Waals surface area (Å²) in [6.45, 7) is 4.97. The van der Waals surface area contributed by atoms with Crippen molar-refractivity contribution in [2.24, 2.45) is 5.73 Å². The average molecular weight is 266 g/mol. The quantitative estimate of drug-likeness (QED) is 0.914. The van der Waals surface area contributed by atoms with Crippen molar-refractivity contribution in [3.8, 4) is 0 Å². The molecule has 0 spiro atoms. The second-order valence-electron chi connectivity index (χ2n) is 5.04. The van der Waals surface area contributed by atoms with E-state index < -0.39 is 0 Å². The summed E-state index contributed by atoms with van der Waals surface area (Å²) in [6, 6.07) is 4.28. The van der Waals surface area contributed by atoms with Gasteiger partial charge in [-0.05, 0) is 44.7 Å². The predicted octanol–water partition coefficient (Wildman–Crippen LogP) is 2.65. The van der Waals surface area contributed by atoms with Gasteiger partial charge in [0.2, 0.25) is 0 Å². The maximum Gasteiger partial charge on any atom is 0.264 e. The zero-order chi connectivity index (χ0) is 13.1. The van der Waals surface area contributed by atoms with Crippen molar-refractivity contribution >= 4 is 17.2 Å². The maximum absolute atomic E-state index is 12.5. The first-order valence-electron chi connectivity index (χ1n) is 6.78. The van der Waals surface area contributed by atoms with Crippen molar-refractivity contribution in [2.45, 2.75) is 51.6 Å². The Hall–Kier alpha value is -0.870. The van der Waals surface area contributed by atoms with E-state index in [2.05, 4.69) is 13.0 Å². The summed E-state index contributed by atoms with van der Waals surface area (Å²) >= 11 is 1.62. The summed E-state index contributed by atoms with van der Waals surface area (Å²) in [5.74, 6) is 0.168. The Morgan fingerprint density at radius 2 is 2.33 bits per heavy atom. The number of likely N-dealkylation sites (tertiary alicyclic amines) is 1. The number of rotatable bonds is 3. The molecule has 1 aromatic heterocycles. The highest BCUT2D eigenvalue weighted by atomic mass is 32.1. The largest absolute Gasteiger partial charge is 0.333 e. The highest BCUT2D eigenvalue weighted by molar-refractivity contribution is 7.14. The van der Waals surface area contributed by atoms with E-state index in [0.29, 0.717) is 0 Å². The summed E-state index contributed by atoms with van der Waals surface area (Å²) in [5.41, 5.74) is 6.01. The van der Waals surface area contributed by atoms with Gasteiger partial charge in [-0.25, -0.2) is 0 Å². The van der Waals surface area contributed by atoms with Gasteiger partial charge in [-0.3, -0.25) is 4.79 Å². The minimum absolute atomic E-state index is 0.0554. The summed E-state index contributed by atoms with van der Waals surface area (Å²) in [4.78, 5) is 16.6. The number of aryl methyl sites for hydroxylation is 1. The number of thiophene rings is 1. The molecule has 100 valence electrons. The normalized spacial score (nSPS) is 21.9. The number of carbonyl (C=O) groups is 1. The van der Waals surface area contributed by atoms with Crippen molar-refractivity contribution in [3.63, 3.8) is 0 Å². The molecule has 1 aromatic rings. The number of hydrogen-bond acceptors (Lipinski definition) is 3. The number of hydrogen-bond donors (Lipinski definition) is 1. The topological polar surface area (TPSA) is 46.3 Å². The van der Waals surface area contributed by atoms with Crippen LogP contribution in [0, 0.1) is 0 Å². The molecular weight excluding hydrogens is 244 g/mol. The fourth-order valence-electron chi connectivity index (χ4n) is 2.58. The van der Waals surface area contributed by atoms with Crippen LogP contribution in [0.1, 0.15) is 47.7 Å². The van der Waals surface area contributed by atoms with E-state index in [9.17, 15) is 4.79 Å². The molecule has 2 rings (SSSR count). The monoisotopic (exact) mass is 266 g/mol. The zero-order valence-corrected chi connectivity index (χ0v) is 12.0. The van der Waals surface area contributed by atoms with Gasteiger partial charge in [0.15, 0.2) is 0 Å². The predicted molar refractivity (Wildman–Crippen MR) is 76.0 cm³/mol. The minimum Gasteiger partial charge on any atom is -0.333 e. The molecule has 1 aliphatic heterocycles. The van der Waals surface area contributed by atoms with Gasteiger partial charge in [0.25, 0.3) is 5.91 Å². The third-order valence-corrected chi connectivity index (χ3v) is 4.86. The van der Waals surface area contributed by atoms with Gasteiger partial charge >= 0.3 is 0 Å². The maximum atomic E-state index is 12.5. The lowest BCUT2D eigenvalue weighted by atomic mass is 9.97. The standard InChI is InChI=1S/C14H22N2OS/c1-3-11-7-8-13(18-11)14(17)16-9-5-4-6-12(16)10(2)15/h7-8,10,12H,3-6,9,15H2,1-2H3. The first-order chi connectivity index (χ1) is 8.63. The Labute approximate surface area is 113 Å². The van der Waals surface area contributed by atoms with Crippen molar-refractivity contribution in [3.05, 3.63) is 21.9 Å². The molecular formula is C14H22N2OS. The van der Waals surface area contributed by atoms with Crippen molar-refractivity contribution < 1.29 is 4.79 Å². The van der Waals surface area contributed by atoms with Crippen LogP contribution >= 0.6 is 11.3 Å². The molecule has 1 amide bonds. The van der Waals surface area contributed by atoms with E-state index in [1.807, 2.05) is 17.9 Å². The van der Waals surface area contributed by atoms with Crippen LogP contribution < -0.4 is 5.73 Å². The molecule has 2 N–H and O–H groups in total. The Balaban J connectivity index is 2.15. The van der Waals surface area contributed by atoms with E-state index >= 15 is 0 Å². The highest BCUT2D eigenvalue weighted by Gasteiger charge is 2.30. The minimum atomic E-state index is 0.0554. The summed E-state index contributed by atoms with van der Waals surface area (Å²) in [6.07, 6.45) is 4.31. The summed E-state index contributed by atoms with van der Waals surface area (Å²) in [5, 5.41) is 0. The molecule has 0 aliphatic carbocycles. The lowest BCUT2D eigenvalue weighted by Crippen LogP contribution is -2.51. The zero-order valence-electron chi connectivity index (χ0n) is 11.2. The molecule has 0 aromatic carbocycles. The molecule has 0 radical (unpaired) electrons. The number of amides is 1. The van der Waals surface area contributed by atoms with E-state index in [4.69, 9.17) is 5.73 Å². The lowest BCUT2D eigenvalue weighted by Gasteiger charge is -2.37. The van der Waals surface area contributed by atoms with E-state index in [0.717, 1.165) is 30.7 Å². The van der Waals surface area contributed by atoms with Gasteiger partial charge in [0, 0.05) is 23.5 Å².